The normalized spacial score (nSPS) is 44.0. The van der Waals surface area contributed by atoms with Crippen LogP contribution in [0.1, 0.15) is 84.1 Å². The SMILES string of the molecule is COc1ccc(C#CC2(O)CC[C@@]3(C)C(CC[C@H]4[C@@H]5CC[C@H](C(C)=O)[C@@]5(C)CC[C@@H]43)C2)cc1. The smallest absolute Gasteiger partial charge is 0.133 e. The highest BCUT2D eigenvalue weighted by atomic mass is 16.5. The Bertz CT molecular complexity index is 970. The first kappa shape index (κ1) is 23.0. The second-order valence-electron chi connectivity index (χ2n) is 12.2. The maximum atomic E-state index is 12.4. The van der Waals surface area contributed by atoms with Crippen molar-refractivity contribution in [3.63, 3.8) is 0 Å². The molecule has 4 aliphatic carbocycles. The largest absolute Gasteiger partial charge is 0.497 e. The maximum Gasteiger partial charge on any atom is 0.133 e. The highest BCUT2D eigenvalue weighted by Gasteiger charge is 2.61. The average molecular weight is 449 g/mol. The molecule has 8 atom stereocenters. The number of hydrogen-bond donors (Lipinski definition) is 1. The molecule has 2 unspecified atom stereocenters. The molecule has 3 nitrogen and oxygen atoms in total. The topological polar surface area (TPSA) is 46.5 Å². The Morgan fingerprint density at radius 2 is 1.70 bits per heavy atom. The fourth-order valence-electron chi connectivity index (χ4n) is 8.89. The monoisotopic (exact) mass is 448 g/mol. The van der Waals surface area contributed by atoms with E-state index in [4.69, 9.17) is 4.74 Å². The molecule has 5 rings (SSSR count). The number of Topliss-reactive ketones (excluding diaryl/α,β-unsaturated/α-hetero) is 1. The van der Waals surface area contributed by atoms with Crippen molar-refractivity contribution in [1.82, 2.24) is 0 Å². The summed E-state index contributed by atoms with van der Waals surface area (Å²) < 4.78 is 5.23. The van der Waals surface area contributed by atoms with Gasteiger partial charge in [0.15, 0.2) is 0 Å². The molecule has 0 amide bonds. The van der Waals surface area contributed by atoms with Gasteiger partial charge in [-0.15, -0.1) is 0 Å². The van der Waals surface area contributed by atoms with Crippen LogP contribution in [0.4, 0.5) is 0 Å². The van der Waals surface area contributed by atoms with Crippen LogP contribution in [0, 0.1) is 52.3 Å². The van der Waals surface area contributed by atoms with E-state index in [0.717, 1.165) is 48.8 Å². The molecule has 33 heavy (non-hydrogen) atoms. The molecule has 3 heteroatoms. The van der Waals surface area contributed by atoms with Gasteiger partial charge in [0, 0.05) is 11.5 Å². The molecule has 0 bridgehead atoms. The Labute approximate surface area is 199 Å². The molecule has 1 N–H and O–H groups in total. The minimum Gasteiger partial charge on any atom is -0.497 e. The Hall–Kier alpha value is -1.79. The second-order valence-corrected chi connectivity index (χ2v) is 12.2. The molecule has 4 saturated carbocycles. The summed E-state index contributed by atoms with van der Waals surface area (Å²) in [5, 5.41) is 11.4. The zero-order valence-electron chi connectivity index (χ0n) is 20.8. The number of carbonyl (C=O) groups excluding carboxylic acids is 1. The van der Waals surface area contributed by atoms with E-state index in [-0.39, 0.29) is 11.3 Å². The second kappa shape index (κ2) is 8.16. The Morgan fingerprint density at radius 1 is 0.970 bits per heavy atom. The van der Waals surface area contributed by atoms with Gasteiger partial charge >= 0.3 is 0 Å². The van der Waals surface area contributed by atoms with Crippen LogP contribution in [0.2, 0.25) is 0 Å². The van der Waals surface area contributed by atoms with Crippen molar-refractivity contribution < 1.29 is 14.6 Å². The van der Waals surface area contributed by atoms with E-state index in [9.17, 15) is 9.90 Å². The van der Waals surface area contributed by atoms with Crippen molar-refractivity contribution in [2.75, 3.05) is 7.11 Å². The Balaban J connectivity index is 1.32. The van der Waals surface area contributed by atoms with Crippen LogP contribution in [-0.4, -0.2) is 23.6 Å². The van der Waals surface area contributed by atoms with Crippen LogP contribution in [0.15, 0.2) is 24.3 Å². The molecule has 0 heterocycles. The highest BCUT2D eigenvalue weighted by Crippen LogP contribution is 2.68. The average Bonchev–Trinajstić information content (AvgIpc) is 3.16. The third kappa shape index (κ3) is 3.74. The summed E-state index contributed by atoms with van der Waals surface area (Å²) in [4.78, 5) is 12.4. The lowest BCUT2D eigenvalue weighted by atomic mass is 9.44. The zero-order chi connectivity index (χ0) is 23.4. The number of carbonyl (C=O) groups is 1. The molecule has 0 radical (unpaired) electrons. The summed E-state index contributed by atoms with van der Waals surface area (Å²) in [6.45, 7) is 6.76. The van der Waals surface area contributed by atoms with E-state index in [1.807, 2.05) is 31.2 Å². The van der Waals surface area contributed by atoms with Gasteiger partial charge in [0.05, 0.1) is 7.11 Å². The number of benzene rings is 1. The standard InChI is InChI=1S/C30H40O3/c1-20(31)25-11-12-26-24-10-7-22-19-30(32,16-13-21-5-8-23(33-4)9-6-21)18-17-28(22,2)27(24)14-15-29(25,26)3/h5-6,8-9,22,24-27,32H,7,10-12,14-15,17-19H2,1-4H3/t22?,24-,25+,26-,27-,28-,29+,30?/m0/s1. The summed E-state index contributed by atoms with van der Waals surface area (Å²) in [6, 6.07) is 7.76. The first-order valence-electron chi connectivity index (χ1n) is 13.1. The number of hydrogen-bond acceptors (Lipinski definition) is 3. The van der Waals surface area contributed by atoms with E-state index in [1.54, 1.807) is 7.11 Å². The summed E-state index contributed by atoms with van der Waals surface area (Å²) in [5.41, 5.74) is 0.559. The predicted octanol–water partition coefficient (Wildman–Crippen LogP) is 6.03. The summed E-state index contributed by atoms with van der Waals surface area (Å²) in [5.74, 6) is 10.7. The number of rotatable bonds is 2. The molecule has 1 aromatic carbocycles. The number of fused-ring (bicyclic) bond motifs is 5. The summed E-state index contributed by atoms with van der Waals surface area (Å²) >= 11 is 0. The number of aliphatic hydroxyl groups is 1. The van der Waals surface area contributed by atoms with Gasteiger partial charge in [0.25, 0.3) is 0 Å². The molecule has 4 fully saturated rings. The predicted molar refractivity (Wildman–Crippen MR) is 131 cm³/mol. The Morgan fingerprint density at radius 3 is 2.39 bits per heavy atom. The van der Waals surface area contributed by atoms with E-state index in [0.29, 0.717) is 23.0 Å². The highest BCUT2D eigenvalue weighted by molar-refractivity contribution is 5.79. The van der Waals surface area contributed by atoms with E-state index in [2.05, 4.69) is 25.7 Å². The summed E-state index contributed by atoms with van der Waals surface area (Å²) in [7, 11) is 1.67. The van der Waals surface area contributed by atoms with Crippen molar-refractivity contribution in [3.8, 4) is 17.6 Å². The van der Waals surface area contributed by atoms with Gasteiger partial charge in [-0.2, -0.15) is 0 Å². The summed E-state index contributed by atoms with van der Waals surface area (Å²) in [6.07, 6.45) is 9.88. The third-order valence-electron chi connectivity index (χ3n) is 10.7. The van der Waals surface area contributed by atoms with Crippen molar-refractivity contribution in [2.45, 2.75) is 84.2 Å². The van der Waals surface area contributed by atoms with E-state index >= 15 is 0 Å². The molecular weight excluding hydrogens is 408 g/mol. The fourth-order valence-corrected chi connectivity index (χ4v) is 8.89. The molecule has 0 aromatic heterocycles. The van der Waals surface area contributed by atoms with Crippen LogP contribution in [0.3, 0.4) is 0 Å². The van der Waals surface area contributed by atoms with Crippen LogP contribution in [0.25, 0.3) is 0 Å². The molecule has 4 aliphatic rings. The van der Waals surface area contributed by atoms with Crippen molar-refractivity contribution >= 4 is 5.78 Å². The minimum atomic E-state index is -0.882. The van der Waals surface area contributed by atoms with Crippen LogP contribution >= 0.6 is 0 Å². The Kier molecular flexibility index (Phi) is 5.68. The van der Waals surface area contributed by atoms with Gasteiger partial charge in [-0.25, -0.2) is 0 Å². The molecule has 1 aromatic rings. The van der Waals surface area contributed by atoms with Crippen LogP contribution < -0.4 is 4.74 Å². The van der Waals surface area contributed by atoms with Gasteiger partial charge < -0.3 is 9.84 Å². The van der Waals surface area contributed by atoms with Crippen molar-refractivity contribution in [3.05, 3.63) is 29.8 Å². The third-order valence-corrected chi connectivity index (χ3v) is 10.7. The van der Waals surface area contributed by atoms with Gasteiger partial charge in [0.1, 0.15) is 17.1 Å². The quantitative estimate of drug-likeness (QED) is 0.562. The van der Waals surface area contributed by atoms with Crippen LogP contribution in [-0.2, 0) is 4.79 Å². The van der Waals surface area contributed by atoms with E-state index in [1.165, 1.54) is 32.1 Å². The van der Waals surface area contributed by atoms with E-state index < -0.39 is 5.60 Å². The first-order valence-corrected chi connectivity index (χ1v) is 13.1. The van der Waals surface area contributed by atoms with Gasteiger partial charge in [0.2, 0.25) is 0 Å². The molecule has 0 aliphatic heterocycles. The number of ketones is 1. The number of ether oxygens (including phenoxy) is 1. The van der Waals surface area contributed by atoms with Gasteiger partial charge in [-0.3, -0.25) is 4.79 Å². The fraction of sp³-hybridized carbons (Fsp3) is 0.700. The zero-order valence-corrected chi connectivity index (χ0v) is 20.8. The minimum absolute atomic E-state index is 0.218. The lowest BCUT2D eigenvalue weighted by molar-refractivity contribution is -0.144. The maximum absolute atomic E-state index is 12.4. The lowest BCUT2D eigenvalue weighted by Crippen LogP contribution is -2.56. The lowest BCUT2D eigenvalue weighted by Gasteiger charge is -2.61. The van der Waals surface area contributed by atoms with Gasteiger partial charge in [-0.1, -0.05) is 25.7 Å². The van der Waals surface area contributed by atoms with Crippen LogP contribution in [0.5, 0.6) is 5.75 Å². The van der Waals surface area contributed by atoms with Crippen molar-refractivity contribution in [2.24, 2.45) is 40.4 Å². The first-order chi connectivity index (χ1) is 15.7. The van der Waals surface area contributed by atoms with Crippen molar-refractivity contribution in [1.29, 1.82) is 0 Å². The molecular formula is C30H40O3. The molecule has 178 valence electrons. The molecule has 0 spiro atoms. The number of methoxy groups -OCH3 is 1. The molecule has 0 saturated heterocycles. The van der Waals surface area contributed by atoms with Gasteiger partial charge in [-0.05, 0) is 123 Å².